The van der Waals surface area contributed by atoms with E-state index in [0.717, 1.165) is 36.5 Å². The normalized spacial score (nSPS) is 19.2. The van der Waals surface area contributed by atoms with Gasteiger partial charge in [-0.3, -0.25) is 5.10 Å². The van der Waals surface area contributed by atoms with Crippen LogP contribution >= 0.6 is 0 Å². The van der Waals surface area contributed by atoms with Crippen molar-refractivity contribution in [2.45, 2.75) is 20.3 Å². The standard InChI is InChI=1S/C14H23N7/c1-3-15-14-18-12(11-8-17-20-13(11)19-14)16-7-10-5-6-21(4-2)9-10/h8,10H,3-7,9H2,1-2H3,(H3,15,16,17,18,19,20). The summed E-state index contributed by atoms with van der Waals surface area (Å²) < 4.78 is 0. The molecule has 0 saturated carbocycles. The lowest BCUT2D eigenvalue weighted by Gasteiger charge is -2.14. The lowest BCUT2D eigenvalue weighted by molar-refractivity contribution is 0.345. The van der Waals surface area contributed by atoms with Crippen LogP contribution in [0.4, 0.5) is 11.8 Å². The van der Waals surface area contributed by atoms with Crippen molar-refractivity contribution in [3.8, 4) is 0 Å². The molecule has 0 bridgehead atoms. The van der Waals surface area contributed by atoms with E-state index >= 15 is 0 Å². The molecule has 114 valence electrons. The minimum Gasteiger partial charge on any atom is -0.369 e. The number of nitrogens with one attached hydrogen (secondary N) is 3. The number of fused-ring (bicyclic) bond motifs is 1. The first-order chi connectivity index (χ1) is 10.3. The minimum atomic E-state index is 0.637. The Balaban J connectivity index is 1.72. The summed E-state index contributed by atoms with van der Waals surface area (Å²) in [5.41, 5.74) is 0.769. The highest BCUT2D eigenvalue weighted by atomic mass is 15.2. The van der Waals surface area contributed by atoms with Crippen molar-refractivity contribution in [1.29, 1.82) is 0 Å². The van der Waals surface area contributed by atoms with E-state index in [1.54, 1.807) is 6.20 Å². The van der Waals surface area contributed by atoms with Gasteiger partial charge in [0.15, 0.2) is 5.65 Å². The number of likely N-dealkylation sites (tertiary alicyclic amines) is 1. The second kappa shape index (κ2) is 6.26. The molecule has 1 atom stereocenters. The second-order valence-electron chi connectivity index (χ2n) is 5.49. The van der Waals surface area contributed by atoms with E-state index in [9.17, 15) is 0 Å². The van der Waals surface area contributed by atoms with Gasteiger partial charge < -0.3 is 15.5 Å². The van der Waals surface area contributed by atoms with E-state index in [4.69, 9.17) is 0 Å². The Labute approximate surface area is 124 Å². The van der Waals surface area contributed by atoms with E-state index in [1.807, 2.05) is 6.92 Å². The Morgan fingerprint density at radius 3 is 3.00 bits per heavy atom. The van der Waals surface area contributed by atoms with Gasteiger partial charge in [-0.05, 0) is 32.4 Å². The van der Waals surface area contributed by atoms with E-state index in [-0.39, 0.29) is 0 Å². The summed E-state index contributed by atoms with van der Waals surface area (Å²) in [6, 6.07) is 0. The molecule has 2 aromatic rings. The van der Waals surface area contributed by atoms with Crippen molar-refractivity contribution in [2.75, 3.05) is 43.4 Å². The Morgan fingerprint density at radius 2 is 2.24 bits per heavy atom. The summed E-state index contributed by atoms with van der Waals surface area (Å²) in [6.07, 6.45) is 3.03. The highest BCUT2D eigenvalue weighted by Crippen LogP contribution is 2.22. The van der Waals surface area contributed by atoms with Crippen molar-refractivity contribution >= 4 is 22.8 Å². The number of hydrogen-bond acceptors (Lipinski definition) is 6. The van der Waals surface area contributed by atoms with Crippen molar-refractivity contribution in [1.82, 2.24) is 25.1 Å². The second-order valence-corrected chi connectivity index (χ2v) is 5.49. The zero-order valence-electron chi connectivity index (χ0n) is 12.7. The molecule has 7 heteroatoms. The van der Waals surface area contributed by atoms with Crippen LogP contribution < -0.4 is 10.6 Å². The number of H-pyrrole nitrogens is 1. The van der Waals surface area contributed by atoms with Crippen LogP contribution in [-0.4, -0.2) is 57.8 Å². The maximum atomic E-state index is 4.56. The summed E-state index contributed by atoms with van der Waals surface area (Å²) in [7, 11) is 0. The molecule has 1 aliphatic heterocycles. The Morgan fingerprint density at radius 1 is 1.33 bits per heavy atom. The van der Waals surface area contributed by atoms with Crippen LogP contribution in [0.25, 0.3) is 11.0 Å². The molecule has 3 rings (SSSR count). The molecule has 2 aromatic heterocycles. The molecule has 0 amide bonds. The third-order valence-electron chi connectivity index (χ3n) is 4.02. The highest BCUT2D eigenvalue weighted by Gasteiger charge is 2.21. The average Bonchev–Trinajstić information content (AvgIpc) is 3.13. The summed E-state index contributed by atoms with van der Waals surface area (Å²) in [6.45, 7) is 9.51. The van der Waals surface area contributed by atoms with E-state index in [1.165, 1.54) is 19.5 Å². The first-order valence-electron chi connectivity index (χ1n) is 7.71. The summed E-state index contributed by atoms with van der Waals surface area (Å²) >= 11 is 0. The predicted molar refractivity (Wildman–Crippen MR) is 84.6 cm³/mol. The van der Waals surface area contributed by atoms with Crippen LogP contribution in [0.3, 0.4) is 0 Å². The van der Waals surface area contributed by atoms with Gasteiger partial charge in [0, 0.05) is 19.6 Å². The fourth-order valence-electron chi connectivity index (χ4n) is 2.81. The van der Waals surface area contributed by atoms with Gasteiger partial charge in [0.1, 0.15) is 5.82 Å². The maximum Gasteiger partial charge on any atom is 0.226 e. The van der Waals surface area contributed by atoms with Gasteiger partial charge in [-0.1, -0.05) is 6.92 Å². The molecule has 7 nitrogen and oxygen atoms in total. The lowest BCUT2D eigenvalue weighted by atomic mass is 10.1. The number of hydrogen-bond donors (Lipinski definition) is 3. The highest BCUT2D eigenvalue weighted by molar-refractivity contribution is 5.86. The first-order valence-corrected chi connectivity index (χ1v) is 7.71. The fourth-order valence-corrected chi connectivity index (χ4v) is 2.81. The van der Waals surface area contributed by atoms with Crippen molar-refractivity contribution in [2.24, 2.45) is 5.92 Å². The van der Waals surface area contributed by atoms with Crippen LogP contribution in [0.15, 0.2) is 6.20 Å². The summed E-state index contributed by atoms with van der Waals surface area (Å²) in [4.78, 5) is 11.4. The number of aromatic amines is 1. The summed E-state index contributed by atoms with van der Waals surface area (Å²) in [5, 5.41) is 14.6. The van der Waals surface area contributed by atoms with Gasteiger partial charge in [-0.25, -0.2) is 0 Å². The minimum absolute atomic E-state index is 0.637. The van der Waals surface area contributed by atoms with Crippen molar-refractivity contribution < 1.29 is 0 Å². The average molecular weight is 289 g/mol. The van der Waals surface area contributed by atoms with Crippen LogP contribution in [0.1, 0.15) is 20.3 Å². The Hall–Kier alpha value is -1.89. The molecule has 0 spiro atoms. The third-order valence-corrected chi connectivity index (χ3v) is 4.02. The fraction of sp³-hybridized carbons (Fsp3) is 0.643. The van der Waals surface area contributed by atoms with Gasteiger partial charge >= 0.3 is 0 Å². The molecular weight excluding hydrogens is 266 g/mol. The zero-order chi connectivity index (χ0) is 14.7. The van der Waals surface area contributed by atoms with Crippen LogP contribution in [0, 0.1) is 5.92 Å². The molecule has 1 unspecified atom stereocenters. The molecule has 3 N–H and O–H groups in total. The lowest BCUT2D eigenvalue weighted by Crippen LogP contribution is -2.22. The molecule has 0 radical (unpaired) electrons. The number of nitrogens with zero attached hydrogens (tertiary/aromatic N) is 4. The number of anilines is 2. The molecule has 1 saturated heterocycles. The Bertz CT molecular complexity index is 594. The SMILES string of the molecule is CCNc1nc(NCC2CCN(CC)C2)c2cn[nH]c2n1. The topological polar surface area (TPSA) is 81.8 Å². The molecular formula is C14H23N7. The van der Waals surface area contributed by atoms with Gasteiger partial charge in [0.2, 0.25) is 5.95 Å². The van der Waals surface area contributed by atoms with Gasteiger partial charge in [0.25, 0.3) is 0 Å². The maximum absolute atomic E-state index is 4.56. The molecule has 1 fully saturated rings. The van der Waals surface area contributed by atoms with Crippen LogP contribution in [0.2, 0.25) is 0 Å². The van der Waals surface area contributed by atoms with E-state index in [0.29, 0.717) is 11.9 Å². The predicted octanol–water partition coefficient (Wildman–Crippen LogP) is 1.54. The van der Waals surface area contributed by atoms with Crippen LogP contribution in [0.5, 0.6) is 0 Å². The molecule has 1 aliphatic rings. The van der Waals surface area contributed by atoms with E-state index in [2.05, 4.69) is 42.6 Å². The Kier molecular flexibility index (Phi) is 4.19. The van der Waals surface area contributed by atoms with Gasteiger partial charge in [-0.15, -0.1) is 0 Å². The van der Waals surface area contributed by atoms with Crippen molar-refractivity contribution in [3.05, 3.63) is 6.20 Å². The first kappa shape index (κ1) is 14.1. The van der Waals surface area contributed by atoms with Gasteiger partial charge in [0.05, 0.1) is 11.6 Å². The summed E-state index contributed by atoms with van der Waals surface area (Å²) in [5.74, 6) is 2.18. The smallest absolute Gasteiger partial charge is 0.226 e. The third kappa shape index (κ3) is 3.07. The molecule has 0 aromatic carbocycles. The molecule has 21 heavy (non-hydrogen) atoms. The molecule has 3 heterocycles. The molecule has 0 aliphatic carbocycles. The van der Waals surface area contributed by atoms with Crippen molar-refractivity contribution in [3.63, 3.8) is 0 Å². The van der Waals surface area contributed by atoms with Crippen LogP contribution in [-0.2, 0) is 0 Å². The van der Waals surface area contributed by atoms with Gasteiger partial charge in [-0.2, -0.15) is 15.1 Å². The monoisotopic (exact) mass is 289 g/mol. The largest absolute Gasteiger partial charge is 0.369 e. The zero-order valence-corrected chi connectivity index (χ0v) is 12.7. The van der Waals surface area contributed by atoms with E-state index < -0.39 is 0 Å². The quantitative estimate of drug-likeness (QED) is 0.748. The number of aromatic nitrogens is 4. The number of rotatable bonds is 6.